The van der Waals surface area contributed by atoms with Gasteiger partial charge >= 0.3 is 5.97 Å². The van der Waals surface area contributed by atoms with E-state index in [4.69, 9.17) is 18.9 Å². The topological polar surface area (TPSA) is 83.1 Å². The van der Waals surface area contributed by atoms with Gasteiger partial charge < -0.3 is 24.3 Å². The fourth-order valence-electron chi connectivity index (χ4n) is 2.73. The molecule has 1 amide bonds. The molecule has 0 aliphatic carbocycles. The number of hydrogen-bond donors (Lipinski definition) is 1. The van der Waals surface area contributed by atoms with Crippen molar-refractivity contribution < 1.29 is 28.5 Å². The van der Waals surface area contributed by atoms with Crippen LogP contribution in [0.25, 0.3) is 6.08 Å². The largest absolute Gasteiger partial charge is 0.493 e. The Balaban J connectivity index is 1.46. The number of carbonyl (C=O) groups is 2. The van der Waals surface area contributed by atoms with Crippen molar-refractivity contribution in [2.24, 2.45) is 0 Å². The first-order valence-corrected chi connectivity index (χ1v) is 9.77. The lowest BCUT2D eigenvalue weighted by Gasteiger charge is -2.08. The van der Waals surface area contributed by atoms with Crippen molar-refractivity contribution in [3.8, 4) is 23.0 Å². The molecule has 0 aliphatic rings. The molecule has 0 spiro atoms. The summed E-state index contributed by atoms with van der Waals surface area (Å²) in [4.78, 5) is 24.0. The lowest BCUT2D eigenvalue weighted by molar-refractivity contribution is -0.142. The molecule has 7 heteroatoms. The van der Waals surface area contributed by atoms with Gasteiger partial charge in [0.1, 0.15) is 11.5 Å². The predicted molar refractivity (Wildman–Crippen MR) is 121 cm³/mol. The molecule has 0 unspecified atom stereocenters. The van der Waals surface area contributed by atoms with Crippen LogP contribution in [0.1, 0.15) is 5.56 Å². The number of esters is 1. The SMILES string of the molecule is COc1ccc(/C=C/C(=O)OCC(=O)Nc2ccc(Oc3ccccc3)cc2)cc1OC. The van der Waals surface area contributed by atoms with Crippen LogP contribution in [0.4, 0.5) is 5.69 Å². The number of nitrogens with one attached hydrogen (secondary N) is 1. The number of carbonyl (C=O) groups excluding carboxylic acids is 2. The van der Waals surface area contributed by atoms with Gasteiger partial charge in [-0.3, -0.25) is 4.79 Å². The highest BCUT2D eigenvalue weighted by atomic mass is 16.5. The molecule has 3 aromatic rings. The van der Waals surface area contributed by atoms with Gasteiger partial charge in [0.2, 0.25) is 0 Å². The van der Waals surface area contributed by atoms with Crippen molar-refractivity contribution >= 4 is 23.6 Å². The van der Waals surface area contributed by atoms with Crippen LogP contribution >= 0.6 is 0 Å². The fourth-order valence-corrected chi connectivity index (χ4v) is 2.73. The molecule has 164 valence electrons. The molecule has 3 rings (SSSR count). The predicted octanol–water partition coefficient (Wildman–Crippen LogP) is 4.69. The van der Waals surface area contributed by atoms with Gasteiger partial charge in [0.15, 0.2) is 18.1 Å². The van der Waals surface area contributed by atoms with Gasteiger partial charge in [-0.1, -0.05) is 24.3 Å². The minimum atomic E-state index is -0.637. The third-order valence-electron chi connectivity index (χ3n) is 4.28. The molecule has 0 aromatic heterocycles. The van der Waals surface area contributed by atoms with Crippen molar-refractivity contribution in [2.75, 3.05) is 26.1 Å². The molecular formula is C25H23NO6. The van der Waals surface area contributed by atoms with Gasteiger partial charge in [-0.2, -0.15) is 0 Å². The van der Waals surface area contributed by atoms with E-state index < -0.39 is 18.5 Å². The summed E-state index contributed by atoms with van der Waals surface area (Å²) in [6, 6.07) is 21.5. The number of ether oxygens (including phenoxy) is 4. The Kier molecular flexibility index (Phi) is 7.86. The third kappa shape index (κ3) is 6.63. The zero-order chi connectivity index (χ0) is 22.8. The van der Waals surface area contributed by atoms with E-state index in [1.807, 2.05) is 30.3 Å². The van der Waals surface area contributed by atoms with Crippen LogP contribution in [0.15, 0.2) is 78.9 Å². The average molecular weight is 433 g/mol. The quantitative estimate of drug-likeness (QED) is 0.389. The Bertz CT molecular complexity index is 1080. The smallest absolute Gasteiger partial charge is 0.331 e. The number of hydrogen-bond acceptors (Lipinski definition) is 6. The maximum Gasteiger partial charge on any atom is 0.331 e. The van der Waals surface area contributed by atoms with E-state index in [1.165, 1.54) is 13.2 Å². The molecule has 32 heavy (non-hydrogen) atoms. The van der Waals surface area contributed by atoms with Crippen LogP contribution in [0.3, 0.4) is 0 Å². The molecule has 0 aliphatic heterocycles. The van der Waals surface area contributed by atoms with Gasteiger partial charge in [0.05, 0.1) is 14.2 Å². The van der Waals surface area contributed by atoms with Crippen molar-refractivity contribution in [3.63, 3.8) is 0 Å². The van der Waals surface area contributed by atoms with E-state index in [9.17, 15) is 9.59 Å². The molecule has 0 radical (unpaired) electrons. The number of para-hydroxylation sites is 1. The Labute approximate surface area is 186 Å². The summed E-state index contributed by atoms with van der Waals surface area (Å²) in [5.74, 6) is 1.40. The summed E-state index contributed by atoms with van der Waals surface area (Å²) in [6.07, 6.45) is 2.80. The van der Waals surface area contributed by atoms with E-state index in [0.717, 1.165) is 11.3 Å². The molecule has 0 heterocycles. The van der Waals surface area contributed by atoms with E-state index in [1.54, 1.807) is 55.7 Å². The van der Waals surface area contributed by atoms with Crippen LogP contribution in [-0.4, -0.2) is 32.7 Å². The lowest BCUT2D eigenvalue weighted by atomic mass is 10.2. The number of anilines is 1. The number of amides is 1. The summed E-state index contributed by atoms with van der Waals surface area (Å²) in [7, 11) is 3.07. The van der Waals surface area contributed by atoms with Gasteiger partial charge in [0, 0.05) is 11.8 Å². The molecule has 0 fully saturated rings. The summed E-state index contributed by atoms with van der Waals surface area (Å²) in [5, 5.41) is 2.66. The van der Waals surface area contributed by atoms with Crippen molar-refractivity contribution in [1.29, 1.82) is 0 Å². The van der Waals surface area contributed by atoms with Crippen LogP contribution in [-0.2, 0) is 14.3 Å². The van der Waals surface area contributed by atoms with E-state index in [-0.39, 0.29) is 0 Å². The maximum atomic E-state index is 12.0. The van der Waals surface area contributed by atoms with Gasteiger partial charge in [-0.25, -0.2) is 4.79 Å². The Morgan fingerprint density at radius 3 is 2.22 bits per heavy atom. The average Bonchev–Trinajstić information content (AvgIpc) is 2.83. The fraction of sp³-hybridized carbons (Fsp3) is 0.120. The normalized spacial score (nSPS) is 10.4. The Hall–Kier alpha value is -4.26. The lowest BCUT2D eigenvalue weighted by Crippen LogP contribution is -2.20. The van der Waals surface area contributed by atoms with E-state index in [0.29, 0.717) is 22.9 Å². The molecule has 0 bridgehead atoms. The van der Waals surface area contributed by atoms with Crippen molar-refractivity contribution in [1.82, 2.24) is 0 Å². The molecule has 7 nitrogen and oxygen atoms in total. The van der Waals surface area contributed by atoms with Crippen LogP contribution in [0.2, 0.25) is 0 Å². The Morgan fingerprint density at radius 2 is 1.53 bits per heavy atom. The third-order valence-corrected chi connectivity index (χ3v) is 4.28. The summed E-state index contributed by atoms with van der Waals surface area (Å²) < 4.78 is 21.1. The van der Waals surface area contributed by atoms with Crippen LogP contribution in [0.5, 0.6) is 23.0 Å². The first kappa shape index (κ1) is 22.4. The minimum absolute atomic E-state index is 0.405. The van der Waals surface area contributed by atoms with Gasteiger partial charge in [-0.15, -0.1) is 0 Å². The second kappa shape index (κ2) is 11.2. The van der Waals surface area contributed by atoms with Crippen LogP contribution < -0.4 is 19.5 Å². The van der Waals surface area contributed by atoms with E-state index >= 15 is 0 Å². The molecule has 1 N–H and O–H groups in total. The number of methoxy groups -OCH3 is 2. The van der Waals surface area contributed by atoms with Gasteiger partial charge in [0.25, 0.3) is 5.91 Å². The highest BCUT2D eigenvalue weighted by molar-refractivity contribution is 5.94. The van der Waals surface area contributed by atoms with Crippen molar-refractivity contribution in [3.05, 3.63) is 84.4 Å². The maximum absolute atomic E-state index is 12.0. The van der Waals surface area contributed by atoms with Crippen LogP contribution in [0, 0.1) is 0 Å². The standard InChI is InChI=1S/C25H23NO6/c1-29-22-14-8-18(16-23(22)30-2)9-15-25(28)31-17-24(27)26-19-10-12-21(13-11-19)32-20-6-4-3-5-7-20/h3-16H,17H2,1-2H3,(H,26,27)/b15-9+. The molecule has 0 atom stereocenters. The molecule has 3 aromatic carbocycles. The number of rotatable bonds is 9. The Morgan fingerprint density at radius 1 is 0.844 bits per heavy atom. The summed E-state index contributed by atoms with van der Waals surface area (Å²) in [5.41, 5.74) is 1.29. The first-order chi connectivity index (χ1) is 15.6. The molecule has 0 saturated carbocycles. The second-order valence-corrected chi connectivity index (χ2v) is 6.54. The first-order valence-electron chi connectivity index (χ1n) is 9.77. The summed E-state index contributed by atoms with van der Waals surface area (Å²) in [6.45, 7) is -0.405. The van der Waals surface area contributed by atoms with E-state index in [2.05, 4.69) is 5.32 Å². The minimum Gasteiger partial charge on any atom is -0.493 e. The summed E-state index contributed by atoms with van der Waals surface area (Å²) >= 11 is 0. The highest BCUT2D eigenvalue weighted by Crippen LogP contribution is 2.28. The van der Waals surface area contributed by atoms with Gasteiger partial charge in [-0.05, 0) is 60.2 Å². The second-order valence-electron chi connectivity index (χ2n) is 6.54. The monoisotopic (exact) mass is 433 g/mol. The molecular weight excluding hydrogens is 410 g/mol. The zero-order valence-corrected chi connectivity index (χ0v) is 17.7. The highest BCUT2D eigenvalue weighted by Gasteiger charge is 2.07. The zero-order valence-electron chi connectivity index (χ0n) is 17.7. The number of benzene rings is 3. The molecule has 0 saturated heterocycles. The van der Waals surface area contributed by atoms with Crippen molar-refractivity contribution in [2.45, 2.75) is 0 Å².